The molecular weight excluding hydrogens is 474 g/mol. The van der Waals surface area contributed by atoms with E-state index < -0.39 is 23.7 Å². The number of carboxylic acid groups (broad SMARTS) is 1. The number of benzene rings is 3. The maximum absolute atomic E-state index is 13.3. The van der Waals surface area contributed by atoms with E-state index in [4.69, 9.17) is 14.6 Å². The molecule has 8 heteroatoms. The molecule has 1 fully saturated rings. The van der Waals surface area contributed by atoms with Crippen LogP contribution in [0.5, 0.6) is 11.5 Å². The Hall–Kier alpha value is -4.59. The summed E-state index contributed by atoms with van der Waals surface area (Å²) in [5.41, 5.74) is 1.88. The number of carbonyl (C=O) groups excluding carboxylic acids is 2. The van der Waals surface area contributed by atoms with Gasteiger partial charge >= 0.3 is 5.97 Å². The molecule has 3 aromatic rings. The first-order chi connectivity index (χ1) is 17.8. The van der Waals surface area contributed by atoms with Crippen LogP contribution in [-0.2, 0) is 20.8 Å². The minimum absolute atomic E-state index is 0.0491. The van der Waals surface area contributed by atoms with Crippen LogP contribution in [0, 0.1) is 0 Å². The number of aliphatic carboxylic acids is 1. The number of anilines is 1. The van der Waals surface area contributed by atoms with Crippen LogP contribution in [0.2, 0.25) is 0 Å². The Morgan fingerprint density at radius 3 is 2.08 bits per heavy atom. The largest absolute Gasteiger partial charge is 0.507 e. The molecule has 0 saturated carbocycles. The van der Waals surface area contributed by atoms with Gasteiger partial charge in [0.1, 0.15) is 17.3 Å². The normalized spacial score (nSPS) is 16.6. The lowest BCUT2D eigenvalue weighted by molar-refractivity contribution is -0.136. The van der Waals surface area contributed by atoms with Crippen LogP contribution in [0.3, 0.4) is 0 Å². The third-order valence-corrected chi connectivity index (χ3v) is 6.05. The molecule has 1 atom stereocenters. The van der Waals surface area contributed by atoms with Crippen LogP contribution in [0.25, 0.3) is 5.76 Å². The highest BCUT2D eigenvalue weighted by Crippen LogP contribution is 2.42. The first kappa shape index (κ1) is 25.5. The molecule has 190 valence electrons. The number of amides is 1. The molecule has 37 heavy (non-hydrogen) atoms. The van der Waals surface area contributed by atoms with E-state index in [0.29, 0.717) is 40.5 Å². The summed E-state index contributed by atoms with van der Waals surface area (Å²) >= 11 is 0. The van der Waals surface area contributed by atoms with Gasteiger partial charge in [0.05, 0.1) is 31.8 Å². The van der Waals surface area contributed by atoms with Gasteiger partial charge in [-0.25, -0.2) is 0 Å². The van der Waals surface area contributed by atoms with Gasteiger partial charge in [0.2, 0.25) is 0 Å². The zero-order valence-corrected chi connectivity index (χ0v) is 20.5. The van der Waals surface area contributed by atoms with Crippen molar-refractivity contribution < 1.29 is 34.1 Å². The number of ketones is 1. The average Bonchev–Trinajstić information content (AvgIpc) is 3.17. The van der Waals surface area contributed by atoms with Crippen LogP contribution < -0.4 is 14.4 Å². The number of carbonyl (C=O) groups is 3. The summed E-state index contributed by atoms with van der Waals surface area (Å²) < 4.78 is 10.8. The average molecular weight is 502 g/mol. The number of carboxylic acids is 1. The maximum atomic E-state index is 13.3. The second-order valence-corrected chi connectivity index (χ2v) is 8.55. The number of ether oxygens (including phenoxy) is 2. The Balaban J connectivity index is 1.81. The number of methoxy groups -OCH3 is 1. The minimum Gasteiger partial charge on any atom is -0.507 e. The van der Waals surface area contributed by atoms with Gasteiger partial charge in [-0.1, -0.05) is 31.2 Å². The zero-order valence-electron chi connectivity index (χ0n) is 20.5. The van der Waals surface area contributed by atoms with E-state index >= 15 is 0 Å². The molecular formula is C29H27NO7. The Bertz CT molecular complexity index is 1330. The van der Waals surface area contributed by atoms with E-state index in [0.717, 1.165) is 6.42 Å². The van der Waals surface area contributed by atoms with E-state index in [1.165, 1.54) is 12.0 Å². The second-order valence-electron chi connectivity index (χ2n) is 8.55. The van der Waals surface area contributed by atoms with Gasteiger partial charge in [-0.2, -0.15) is 0 Å². The van der Waals surface area contributed by atoms with Crippen LogP contribution in [0.4, 0.5) is 5.69 Å². The van der Waals surface area contributed by atoms with Gasteiger partial charge in [0, 0.05) is 11.3 Å². The fourth-order valence-corrected chi connectivity index (χ4v) is 4.23. The molecule has 8 nitrogen and oxygen atoms in total. The van der Waals surface area contributed by atoms with Crippen molar-refractivity contribution in [1.82, 2.24) is 0 Å². The lowest BCUT2D eigenvalue weighted by Gasteiger charge is -2.25. The molecule has 0 aromatic heterocycles. The number of Topliss-reactive ketones (excluding diaryl/α,β-unsaturated/α-hetero) is 1. The Kier molecular flexibility index (Phi) is 7.57. The number of nitrogens with zero attached hydrogens (tertiary/aromatic N) is 1. The van der Waals surface area contributed by atoms with E-state index in [1.54, 1.807) is 72.8 Å². The highest BCUT2D eigenvalue weighted by atomic mass is 16.5. The van der Waals surface area contributed by atoms with Gasteiger partial charge in [0.15, 0.2) is 0 Å². The molecule has 1 saturated heterocycles. The summed E-state index contributed by atoms with van der Waals surface area (Å²) in [4.78, 5) is 39.0. The fraction of sp³-hybridized carbons (Fsp3) is 0.207. The summed E-state index contributed by atoms with van der Waals surface area (Å²) in [6.07, 6.45) is 0.684. The molecule has 0 radical (unpaired) electrons. The van der Waals surface area contributed by atoms with Crippen molar-refractivity contribution >= 4 is 29.1 Å². The SMILES string of the molecule is CCCOc1ccc(/C(O)=C2\C(=O)C(=O)N(c3ccc(CC(=O)O)cc3)C2c2ccc(OC)cc2)cc1. The van der Waals surface area contributed by atoms with Crippen molar-refractivity contribution in [2.75, 3.05) is 18.6 Å². The highest BCUT2D eigenvalue weighted by Gasteiger charge is 2.47. The topological polar surface area (TPSA) is 113 Å². The summed E-state index contributed by atoms with van der Waals surface area (Å²) in [7, 11) is 1.54. The minimum atomic E-state index is -0.974. The fourth-order valence-electron chi connectivity index (χ4n) is 4.23. The first-order valence-electron chi connectivity index (χ1n) is 11.8. The van der Waals surface area contributed by atoms with Crippen molar-refractivity contribution in [3.63, 3.8) is 0 Å². The summed E-state index contributed by atoms with van der Waals surface area (Å²) in [5.74, 6) is -1.66. The van der Waals surface area contributed by atoms with Crippen molar-refractivity contribution in [2.45, 2.75) is 25.8 Å². The van der Waals surface area contributed by atoms with Gasteiger partial charge in [-0.3, -0.25) is 19.3 Å². The molecule has 3 aromatic carbocycles. The summed E-state index contributed by atoms with van der Waals surface area (Å²) in [6, 6.07) is 19.1. The molecule has 4 rings (SSSR count). The van der Waals surface area contributed by atoms with E-state index in [1.807, 2.05) is 6.92 Å². The molecule has 0 spiro atoms. The van der Waals surface area contributed by atoms with Crippen LogP contribution in [0.1, 0.15) is 36.1 Å². The van der Waals surface area contributed by atoms with Gasteiger partial charge < -0.3 is 19.7 Å². The van der Waals surface area contributed by atoms with E-state index in [-0.39, 0.29) is 17.8 Å². The number of hydrogen-bond donors (Lipinski definition) is 2. The quantitative estimate of drug-likeness (QED) is 0.247. The number of rotatable bonds is 9. The molecule has 1 heterocycles. The van der Waals surface area contributed by atoms with Crippen LogP contribution >= 0.6 is 0 Å². The van der Waals surface area contributed by atoms with Crippen molar-refractivity contribution in [2.24, 2.45) is 0 Å². The third kappa shape index (κ3) is 5.33. The molecule has 1 amide bonds. The van der Waals surface area contributed by atoms with Gasteiger partial charge in [-0.05, 0) is 66.1 Å². The predicted octanol–water partition coefficient (Wildman–Crippen LogP) is 4.74. The molecule has 1 aliphatic heterocycles. The van der Waals surface area contributed by atoms with Crippen LogP contribution in [0.15, 0.2) is 78.4 Å². The molecule has 0 aliphatic carbocycles. The number of aliphatic hydroxyl groups excluding tert-OH is 1. The number of hydrogen-bond acceptors (Lipinski definition) is 6. The molecule has 2 N–H and O–H groups in total. The Morgan fingerprint density at radius 1 is 0.892 bits per heavy atom. The smallest absolute Gasteiger partial charge is 0.307 e. The summed E-state index contributed by atoms with van der Waals surface area (Å²) in [5, 5.41) is 20.3. The van der Waals surface area contributed by atoms with Crippen molar-refractivity contribution in [3.8, 4) is 11.5 Å². The number of aliphatic hydroxyl groups is 1. The summed E-state index contributed by atoms with van der Waals surface area (Å²) in [6.45, 7) is 2.55. The Morgan fingerprint density at radius 2 is 1.51 bits per heavy atom. The lowest BCUT2D eigenvalue weighted by Crippen LogP contribution is -2.29. The molecule has 0 bridgehead atoms. The van der Waals surface area contributed by atoms with Gasteiger partial charge in [-0.15, -0.1) is 0 Å². The standard InChI is InChI=1S/C29H27NO7/c1-3-16-37-23-14-8-20(9-15-23)27(33)25-26(19-6-12-22(36-2)13-7-19)30(29(35)28(25)34)21-10-4-18(5-11-21)17-24(31)32/h4-15,26,33H,3,16-17H2,1-2H3,(H,31,32)/b27-25+. The predicted molar refractivity (Wildman–Crippen MR) is 138 cm³/mol. The van der Waals surface area contributed by atoms with Crippen molar-refractivity contribution in [1.29, 1.82) is 0 Å². The first-order valence-corrected chi connectivity index (χ1v) is 11.8. The lowest BCUT2D eigenvalue weighted by atomic mass is 9.95. The monoisotopic (exact) mass is 501 g/mol. The Labute approximate surface area is 214 Å². The molecule has 1 unspecified atom stereocenters. The maximum Gasteiger partial charge on any atom is 0.307 e. The van der Waals surface area contributed by atoms with Crippen molar-refractivity contribution in [3.05, 3.63) is 95.1 Å². The molecule has 1 aliphatic rings. The van der Waals surface area contributed by atoms with Gasteiger partial charge in [0.25, 0.3) is 11.7 Å². The van der Waals surface area contributed by atoms with Crippen LogP contribution in [-0.4, -0.2) is 41.6 Å². The third-order valence-electron chi connectivity index (χ3n) is 6.05. The highest BCUT2D eigenvalue weighted by molar-refractivity contribution is 6.51. The zero-order chi connectivity index (χ0) is 26.5. The van der Waals surface area contributed by atoms with E-state index in [2.05, 4.69) is 0 Å². The second kappa shape index (κ2) is 11.0. The van der Waals surface area contributed by atoms with E-state index in [9.17, 15) is 19.5 Å².